The van der Waals surface area contributed by atoms with E-state index in [1.54, 1.807) is 30.3 Å². The molecule has 11 nitrogen and oxygen atoms in total. The fourth-order valence-electron chi connectivity index (χ4n) is 3.17. The number of aliphatic hydroxyl groups excluding tert-OH is 3. The van der Waals surface area contributed by atoms with Crippen LogP contribution in [-0.4, -0.2) is 64.7 Å². The number of nitro groups is 1. The van der Waals surface area contributed by atoms with E-state index in [1.165, 1.54) is 17.2 Å². The summed E-state index contributed by atoms with van der Waals surface area (Å²) < 4.78 is 6.92. The Kier molecular flexibility index (Phi) is 5.43. The van der Waals surface area contributed by atoms with Gasteiger partial charge in [0.1, 0.15) is 35.2 Å². The van der Waals surface area contributed by atoms with E-state index in [0.717, 1.165) is 11.8 Å². The molecule has 1 fully saturated rings. The number of aromatic nitrogens is 4. The highest BCUT2D eigenvalue weighted by atomic mass is 32.2. The van der Waals surface area contributed by atoms with E-state index in [4.69, 9.17) is 4.74 Å². The van der Waals surface area contributed by atoms with Gasteiger partial charge in [-0.25, -0.2) is 15.0 Å². The van der Waals surface area contributed by atoms with Crippen LogP contribution < -0.4 is 0 Å². The second-order valence-corrected chi connectivity index (χ2v) is 7.47. The highest BCUT2D eigenvalue weighted by Gasteiger charge is 2.44. The first kappa shape index (κ1) is 19.7. The molecule has 1 saturated heterocycles. The molecule has 1 aliphatic rings. The van der Waals surface area contributed by atoms with Crippen molar-refractivity contribution in [3.05, 3.63) is 58.7 Å². The first-order chi connectivity index (χ1) is 14.0. The number of nitrogens with zero attached hydrogens (tertiary/aromatic N) is 5. The first-order valence-corrected chi connectivity index (χ1v) is 9.54. The van der Waals surface area contributed by atoms with Crippen LogP contribution in [0, 0.1) is 10.1 Å². The third-order valence-electron chi connectivity index (χ3n) is 4.62. The molecule has 2 aromatic heterocycles. The maximum Gasteiger partial charge on any atom is 0.289 e. The van der Waals surface area contributed by atoms with Gasteiger partial charge in [0.15, 0.2) is 11.9 Å². The molecule has 1 aliphatic heterocycles. The summed E-state index contributed by atoms with van der Waals surface area (Å²) >= 11 is 0.923. The lowest BCUT2D eigenvalue weighted by atomic mass is 10.1. The third kappa shape index (κ3) is 3.56. The lowest BCUT2D eigenvalue weighted by molar-refractivity contribution is -0.500. The average molecular weight is 419 g/mol. The van der Waals surface area contributed by atoms with E-state index in [-0.39, 0.29) is 5.65 Å². The van der Waals surface area contributed by atoms with Crippen molar-refractivity contribution >= 4 is 22.9 Å². The quantitative estimate of drug-likeness (QED) is 0.169. The molecule has 3 N–H and O–H groups in total. The van der Waals surface area contributed by atoms with Crippen LogP contribution in [0.2, 0.25) is 0 Å². The molecule has 0 radical (unpaired) electrons. The van der Waals surface area contributed by atoms with Gasteiger partial charge in [0.05, 0.1) is 12.9 Å². The second-order valence-electron chi connectivity index (χ2n) is 6.40. The van der Waals surface area contributed by atoms with Crippen molar-refractivity contribution in [2.45, 2.75) is 34.9 Å². The number of imidazole rings is 1. The van der Waals surface area contributed by atoms with Gasteiger partial charge in [-0.15, -0.1) is 0 Å². The fourth-order valence-corrected chi connectivity index (χ4v) is 4.12. The molecule has 12 heteroatoms. The summed E-state index contributed by atoms with van der Waals surface area (Å²) in [6.45, 7) is -0.459. The van der Waals surface area contributed by atoms with Crippen molar-refractivity contribution in [1.82, 2.24) is 19.5 Å². The second kappa shape index (κ2) is 8.00. The highest BCUT2D eigenvalue weighted by Crippen LogP contribution is 2.38. The topological polar surface area (TPSA) is 157 Å². The molecule has 0 bridgehead atoms. The van der Waals surface area contributed by atoms with Gasteiger partial charge in [-0.2, -0.15) is 0 Å². The number of hydrogen-bond acceptors (Lipinski definition) is 10. The SMILES string of the molecule is O=[N+]([O-])C(Sc1ncnc2c1ncn2[C@@H]1O[C@H](CO)[C@@H](O)[C@H]1O)c1ccccc1. The van der Waals surface area contributed by atoms with Gasteiger partial charge in [0.25, 0.3) is 5.37 Å². The van der Waals surface area contributed by atoms with Gasteiger partial charge in [-0.3, -0.25) is 14.7 Å². The van der Waals surface area contributed by atoms with Gasteiger partial charge in [0, 0.05) is 10.5 Å². The summed E-state index contributed by atoms with van der Waals surface area (Å²) in [6, 6.07) is 8.54. The summed E-state index contributed by atoms with van der Waals surface area (Å²) in [5.41, 5.74) is 1.10. The van der Waals surface area contributed by atoms with E-state index >= 15 is 0 Å². The lowest BCUT2D eigenvalue weighted by Crippen LogP contribution is -2.33. The lowest BCUT2D eigenvalue weighted by Gasteiger charge is -2.16. The zero-order valence-electron chi connectivity index (χ0n) is 14.8. The predicted molar refractivity (Wildman–Crippen MR) is 100 cm³/mol. The average Bonchev–Trinajstić information content (AvgIpc) is 3.28. The Balaban J connectivity index is 1.69. The van der Waals surface area contributed by atoms with Crippen molar-refractivity contribution in [2.75, 3.05) is 6.61 Å². The van der Waals surface area contributed by atoms with E-state index in [2.05, 4.69) is 15.0 Å². The van der Waals surface area contributed by atoms with Crippen LogP contribution in [0.1, 0.15) is 17.2 Å². The van der Waals surface area contributed by atoms with Gasteiger partial charge in [-0.1, -0.05) is 30.3 Å². The largest absolute Gasteiger partial charge is 0.394 e. The Labute approximate surface area is 168 Å². The minimum atomic E-state index is -1.30. The van der Waals surface area contributed by atoms with Gasteiger partial charge >= 0.3 is 0 Å². The van der Waals surface area contributed by atoms with Crippen molar-refractivity contribution < 1.29 is 25.0 Å². The van der Waals surface area contributed by atoms with Crippen LogP contribution in [0.5, 0.6) is 0 Å². The zero-order valence-corrected chi connectivity index (χ0v) is 15.7. The van der Waals surface area contributed by atoms with Crippen LogP contribution in [0.4, 0.5) is 0 Å². The molecule has 1 aromatic carbocycles. The van der Waals surface area contributed by atoms with Gasteiger partial charge in [-0.05, 0) is 11.8 Å². The molecule has 29 heavy (non-hydrogen) atoms. The molecule has 4 rings (SSSR count). The van der Waals surface area contributed by atoms with Crippen LogP contribution in [0.25, 0.3) is 11.2 Å². The zero-order chi connectivity index (χ0) is 20.5. The van der Waals surface area contributed by atoms with Crippen LogP contribution >= 0.6 is 11.8 Å². The number of rotatable bonds is 6. The molecule has 1 unspecified atom stereocenters. The van der Waals surface area contributed by atoms with E-state index in [1.807, 2.05) is 0 Å². The number of thioether (sulfide) groups is 1. The maximum atomic E-state index is 11.6. The molecular formula is C17H17N5O6S. The van der Waals surface area contributed by atoms with E-state index in [9.17, 15) is 25.4 Å². The van der Waals surface area contributed by atoms with Gasteiger partial charge < -0.3 is 20.1 Å². The number of hydrogen-bond donors (Lipinski definition) is 3. The normalized spacial score (nSPS) is 25.3. The standard InChI is InChI=1S/C17H17N5O6S/c23-6-10-12(24)13(25)16(28-10)21-8-20-11-14(21)18-7-19-15(11)29-17(22(26)27)9-4-2-1-3-5-9/h1-5,7-8,10,12-13,16-17,23-25H,6H2/t10-,12-,13-,16-,17?/m1/s1. The molecule has 3 heterocycles. The molecule has 0 spiro atoms. The summed E-state index contributed by atoms with van der Waals surface area (Å²) in [4.78, 5) is 23.7. The maximum absolute atomic E-state index is 11.6. The van der Waals surface area contributed by atoms with Crippen LogP contribution in [0.15, 0.2) is 48.0 Å². The molecule has 152 valence electrons. The smallest absolute Gasteiger partial charge is 0.289 e. The summed E-state index contributed by atoms with van der Waals surface area (Å²) in [6.07, 6.45) is -1.93. The Morgan fingerprint density at radius 3 is 2.62 bits per heavy atom. The monoisotopic (exact) mass is 419 g/mol. The molecule has 5 atom stereocenters. The van der Waals surface area contributed by atoms with Crippen LogP contribution in [0.3, 0.4) is 0 Å². The Hall–Kier alpha value is -2.64. The summed E-state index contributed by atoms with van der Waals surface area (Å²) in [5.74, 6) is 0. The van der Waals surface area contributed by atoms with Crippen molar-refractivity contribution in [2.24, 2.45) is 0 Å². The first-order valence-electron chi connectivity index (χ1n) is 8.66. The Morgan fingerprint density at radius 2 is 1.97 bits per heavy atom. The van der Waals surface area contributed by atoms with E-state index in [0.29, 0.717) is 16.1 Å². The molecule has 0 aliphatic carbocycles. The van der Waals surface area contributed by atoms with Gasteiger partial charge in [0.2, 0.25) is 0 Å². The third-order valence-corrected chi connectivity index (χ3v) is 5.81. The minimum Gasteiger partial charge on any atom is -0.394 e. The minimum absolute atomic E-state index is 0.285. The fraction of sp³-hybridized carbons (Fsp3) is 0.353. The van der Waals surface area contributed by atoms with Crippen LogP contribution in [-0.2, 0) is 4.74 Å². The van der Waals surface area contributed by atoms with E-state index < -0.39 is 41.4 Å². The highest BCUT2D eigenvalue weighted by molar-refractivity contribution is 7.99. The molecule has 0 saturated carbocycles. The molecule has 3 aromatic rings. The Bertz CT molecular complexity index is 1020. The number of aliphatic hydroxyl groups is 3. The summed E-state index contributed by atoms with van der Waals surface area (Å²) in [7, 11) is 0. The number of benzene rings is 1. The number of ether oxygens (including phenoxy) is 1. The predicted octanol–water partition coefficient (Wildman–Crippen LogP) is 0.505. The van der Waals surface area contributed by atoms with Crippen molar-refractivity contribution in [1.29, 1.82) is 0 Å². The Morgan fingerprint density at radius 1 is 1.21 bits per heavy atom. The van der Waals surface area contributed by atoms with Crippen molar-refractivity contribution in [3.8, 4) is 0 Å². The van der Waals surface area contributed by atoms with Crippen molar-refractivity contribution in [3.63, 3.8) is 0 Å². The number of fused-ring (bicyclic) bond motifs is 1. The summed E-state index contributed by atoms with van der Waals surface area (Å²) in [5, 5.41) is 40.3. The molecular weight excluding hydrogens is 402 g/mol. The molecule has 0 amide bonds.